The van der Waals surface area contributed by atoms with E-state index in [1.165, 1.54) is 12.1 Å². The Hall–Kier alpha value is -2.33. The Balaban J connectivity index is 2.71. The predicted octanol–water partition coefficient (Wildman–Crippen LogP) is 1.42. The zero-order valence-corrected chi connectivity index (χ0v) is 11.7. The minimum Gasteiger partial charge on any atom is -0.454 e. The Labute approximate surface area is 123 Å². The van der Waals surface area contributed by atoms with E-state index in [0.29, 0.717) is 0 Å². The maximum Gasteiger partial charge on any atom is 0.402 e. The Morgan fingerprint density at radius 3 is 2.27 bits per heavy atom. The van der Waals surface area contributed by atoms with Gasteiger partial charge in [0, 0.05) is 6.08 Å². The van der Waals surface area contributed by atoms with Crippen molar-refractivity contribution in [2.24, 2.45) is 0 Å². The number of halogens is 2. The van der Waals surface area contributed by atoms with Gasteiger partial charge in [-0.1, -0.05) is 6.58 Å². The molecule has 10 heteroatoms. The normalized spacial score (nSPS) is 11.6. The summed E-state index contributed by atoms with van der Waals surface area (Å²) in [4.78, 5) is 22.4. The van der Waals surface area contributed by atoms with Crippen molar-refractivity contribution in [1.29, 1.82) is 0 Å². The van der Waals surface area contributed by atoms with Gasteiger partial charge in [0.1, 0.15) is 5.75 Å². The van der Waals surface area contributed by atoms with E-state index in [-0.39, 0.29) is 11.3 Å². The molecule has 120 valence electrons. The maximum atomic E-state index is 12.9. The molecular formula is C12H10F2O7S. The molecule has 0 aliphatic rings. The summed E-state index contributed by atoms with van der Waals surface area (Å²) in [6.45, 7) is 1.35. The first-order valence-electron chi connectivity index (χ1n) is 5.53. The molecule has 0 heterocycles. The topological polar surface area (TPSA) is 107 Å². The number of alkyl halides is 2. The molecule has 1 aromatic carbocycles. The first-order valence-corrected chi connectivity index (χ1v) is 6.97. The van der Waals surface area contributed by atoms with Gasteiger partial charge in [-0.2, -0.15) is 17.2 Å². The average molecular weight is 336 g/mol. The van der Waals surface area contributed by atoms with Crippen molar-refractivity contribution in [3.63, 3.8) is 0 Å². The lowest BCUT2D eigenvalue weighted by Crippen LogP contribution is -2.34. The highest BCUT2D eigenvalue weighted by Gasteiger charge is 2.45. The summed E-state index contributed by atoms with van der Waals surface area (Å²) < 4.78 is 63.5. The van der Waals surface area contributed by atoms with Crippen LogP contribution >= 0.6 is 0 Å². The number of hydrogen-bond donors (Lipinski definition) is 1. The van der Waals surface area contributed by atoms with Crippen LogP contribution in [-0.2, 0) is 19.6 Å². The van der Waals surface area contributed by atoms with Gasteiger partial charge < -0.3 is 9.47 Å². The number of benzene rings is 1. The van der Waals surface area contributed by atoms with Crippen LogP contribution in [-0.4, -0.2) is 36.8 Å². The van der Waals surface area contributed by atoms with E-state index in [1.807, 2.05) is 0 Å². The van der Waals surface area contributed by atoms with E-state index in [2.05, 4.69) is 11.3 Å². The molecule has 0 aromatic heterocycles. The molecule has 0 unspecified atom stereocenters. The second-order valence-electron chi connectivity index (χ2n) is 3.84. The van der Waals surface area contributed by atoms with Crippen LogP contribution in [0.5, 0.6) is 5.75 Å². The smallest absolute Gasteiger partial charge is 0.402 e. The Kier molecular flexibility index (Phi) is 5.33. The SMILES string of the molecule is C=CC(=O)Oc1ccc(C(=O)OCC(F)(F)S(=O)(=O)O)cc1. The number of hydrogen-bond acceptors (Lipinski definition) is 6. The molecule has 1 rings (SSSR count). The van der Waals surface area contributed by atoms with Crippen molar-refractivity contribution in [3.05, 3.63) is 42.5 Å². The fraction of sp³-hybridized carbons (Fsp3) is 0.167. The Bertz CT molecular complexity index is 680. The molecule has 7 nitrogen and oxygen atoms in total. The monoisotopic (exact) mass is 336 g/mol. The molecule has 0 spiro atoms. The number of carbonyl (C=O) groups excluding carboxylic acids is 2. The first kappa shape index (κ1) is 17.7. The molecule has 1 N–H and O–H groups in total. The molecule has 22 heavy (non-hydrogen) atoms. The molecular weight excluding hydrogens is 326 g/mol. The molecule has 0 aliphatic heterocycles. The molecule has 0 radical (unpaired) electrons. The van der Waals surface area contributed by atoms with Crippen LogP contribution < -0.4 is 4.74 Å². The summed E-state index contributed by atoms with van der Waals surface area (Å²) in [6, 6.07) is 4.61. The van der Waals surface area contributed by atoms with Crippen LogP contribution in [0, 0.1) is 0 Å². The largest absolute Gasteiger partial charge is 0.454 e. The molecule has 0 saturated carbocycles. The average Bonchev–Trinajstić information content (AvgIpc) is 2.44. The lowest BCUT2D eigenvalue weighted by atomic mass is 10.2. The van der Waals surface area contributed by atoms with Gasteiger partial charge in [0.25, 0.3) is 0 Å². The second kappa shape index (κ2) is 6.62. The summed E-state index contributed by atoms with van der Waals surface area (Å²) in [5.74, 6) is -1.90. The summed E-state index contributed by atoms with van der Waals surface area (Å²) >= 11 is 0. The highest BCUT2D eigenvalue weighted by molar-refractivity contribution is 7.86. The second-order valence-corrected chi connectivity index (χ2v) is 5.39. The van der Waals surface area contributed by atoms with E-state index < -0.39 is 33.9 Å². The van der Waals surface area contributed by atoms with Gasteiger partial charge in [-0.25, -0.2) is 9.59 Å². The number of carbonyl (C=O) groups is 2. The van der Waals surface area contributed by atoms with Crippen LogP contribution in [0.1, 0.15) is 10.4 Å². The highest BCUT2D eigenvalue weighted by atomic mass is 32.2. The van der Waals surface area contributed by atoms with Crippen LogP contribution in [0.25, 0.3) is 0 Å². The number of ether oxygens (including phenoxy) is 2. The van der Waals surface area contributed by atoms with Crippen molar-refractivity contribution in [3.8, 4) is 5.75 Å². The number of rotatable bonds is 6. The van der Waals surface area contributed by atoms with Crippen LogP contribution in [0.2, 0.25) is 0 Å². The van der Waals surface area contributed by atoms with E-state index in [4.69, 9.17) is 9.29 Å². The summed E-state index contributed by atoms with van der Waals surface area (Å²) in [5.41, 5.74) is -0.190. The predicted molar refractivity (Wildman–Crippen MR) is 69.1 cm³/mol. The number of esters is 2. The molecule has 0 bridgehead atoms. The molecule has 1 aromatic rings. The van der Waals surface area contributed by atoms with Crippen molar-refractivity contribution >= 4 is 22.1 Å². The van der Waals surface area contributed by atoms with Crippen molar-refractivity contribution in [2.75, 3.05) is 6.61 Å². The highest BCUT2D eigenvalue weighted by Crippen LogP contribution is 2.21. The maximum absolute atomic E-state index is 12.9. The lowest BCUT2D eigenvalue weighted by Gasteiger charge is -2.13. The van der Waals surface area contributed by atoms with Crippen molar-refractivity contribution in [2.45, 2.75) is 5.25 Å². The van der Waals surface area contributed by atoms with Crippen molar-refractivity contribution < 1.29 is 40.8 Å². The lowest BCUT2D eigenvalue weighted by molar-refractivity contribution is -0.128. The van der Waals surface area contributed by atoms with Gasteiger partial charge in [-0.15, -0.1) is 0 Å². The van der Waals surface area contributed by atoms with Gasteiger partial charge in [0.2, 0.25) is 0 Å². The molecule has 0 atom stereocenters. The first-order chi connectivity index (χ1) is 10.1. The summed E-state index contributed by atoms with van der Waals surface area (Å²) in [7, 11) is -5.68. The van der Waals surface area contributed by atoms with E-state index >= 15 is 0 Å². The minimum atomic E-state index is -5.68. The molecule has 0 fully saturated rings. The fourth-order valence-electron chi connectivity index (χ4n) is 1.12. The molecule has 0 amide bonds. The van der Waals surface area contributed by atoms with Crippen LogP contribution in [0.15, 0.2) is 36.9 Å². The van der Waals surface area contributed by atoms with Gasteiger partial charge in [0.05, 0.1) is 5.56 Å². The van der Waals surface area contributed by atoms with Crippen LogP contribution in [0.3, 0.4) is 0 Å². The third-order valence-corrected chi connectivity index (χ3v) is 3.10. The van der Waals surface area contributed by atoms with Crippen LogP contribution in [0.4, 0.5) is 8.78 Å². The third-order valence-electron chi connectivity index (χ3n) is 2.22. The standard InChI is InChI=1S/C12H10F2O7S/c1-2-10(15)21-9-5-3-8(4-6-9)11(16)20-7-12(13,14)22(17,18)19/h2-6H,1,7H2,(H,17,18,19). The Morgan fingerprint density at radius 2 is 1.82 bits per heavy atom. The van der Waals surface area contributed by atoms with Gasteiger partial charge in [-0.3, -0.25) is 4.55 Å². The third kappa shape index (κ3) is 4.60. The summed E-state index contributed by atoms with van der Waals surface area (Å²) in [6.07, 6.45) is 0.916. The van der Waals surface area contributed by atoms with E-state index in [1.54, 1.807) is 0 Å². The van der Waals surface area contributed by atoms with Gasteiger partial charge in [0.15, 0.2) is 6.61 Å². The van der Waals surface area contributed by atoms with Gasteiger partial charge in [-0.05, 0) is 24.3 Å². The fourth-order valence-corrected chi connectivity index (χ4v) is 1.33. The van der Waals surface area contributed by atoms with E-state index in [0.717, 1.165) is 18.2 Å². The van der Waals surface area contributed by atoms with Gasteiger partial charge >= 0.3 is 27.3 Å². The molecule has 0 aliphatic carbocycles. The summed E-state index contributed by atoms with van der Waals surface area (Å²) in [5, 5.41) is -4.61. The quantitative estimate of drug-likeness (QED) is 0.362. The molecule has 0 saturated heterocycles. The zero-order valence-electron chi connectivity index (χ0n) is 10.9. The minimum absolute atomic E-state index is 0.0738. The zero-order chi connectivity index (χ0) is 17.0. The van der Waals surface area contributed by atoms with E-state index in [9.17, 15) is 26.8 Å². The Morgan fingerprint density at radius 1 is 1.27 bits per heavy atom. The van der Waals surface area contributed by atoms with Crippen molar-refractivity contribution in [1.82, 2.24) is 0 Å².